The molecule has 5 rings (SSSR count). The Morgan fingerprint density at radius 1 is 1.25 bits per heavy atom. The van der Waals surface area contributed by atoms with Crippen LogP contribution in [0.15, 0.2) is 35.4 Å². The molecule has 0 aromatic carbocycles. The Morgan fingerprint density at radius 3 is 2.81 bits per heavy atom. The average Bonchev–Trinajstić information content (AvgIpc) is 3.32. The monoisotopic (exact) mass is 450 g/mol. The summed E-state index contributed by atoms with van der Waals surface area (Å²) >= 11 is 1.45. The maximum Gasteiger partial charge on any atom is 0.246 e. The molecule has 3 aliphatic rings. The van der Waals surface area contributed by atoms with Gasteiger partial charge in [-0.3, -0.25) is 9.59 Å². The van der Waals surface area contributed by atoms with Gasteiger partial charge in [0.05, 0.1) is 11.1 Å². The Labute approximate surface area is 191 Å². The summed E-state index contributed by atoms with van der Waals surface area (Å²) in [6.07, 6.45) is 11.2. The van der Waals surface area contributed by atoms with Crippen molar-refractivity contribution >= 4 is 41.3 Å². The molecule has 0 bridgehead atoms. The van der Waals surface area contributed by atoms with Crippen LogP contribution in [-0.4, -0.2) is 52.4 Å². The molecule has 0 aliphatic carbocycles. The number of ether oxygens (including phenoxy) is 1. The van der Waals surface area contributed by atoms with Crippen LogP contribution >= 0.6 is 11.5 Å². The van der Waals surface area contributed by atoms with Crippen LogP contribution in [0.2, 0.25) is 0 Å². The minimum Gasteiger partial charge on any atom is -0.381 e. The molecule has 8 heteroatoms. The van der Waals surface area contributed by atoms with Gasteiger partial charge in [0.1, 0.15) is 5.82 Å². The molecule has 0 atom stereocenters. The third-order valence-corrected chi connectivity index (χ3v) is 7.20. The molecule has 2 fully saturated rings. The van der Waals surface area contributed by atoms with Crippen molar-refractivity contribution in [3.8, 4) is 0 Å². The number of nitrogens with zero attached hydrogens (tertiary/aromatic N) is 3. The number of nitrogens with one attached hydrogen (secondary N) is 1. The molecule has 5 heterocycles. The van der Waals surface area contributed by atoms with E-state index in [1.165, 1.54) is 17.1 Å². The van der Waals surface area contributed by atoms with Crippen LogP contribution in [0.5, 0.6) is 0 Å². The molecular weight excluding hydrogens is 424 g/mol. The topological polar surface area (TPSA) is 84.4 Å². The molecule has 32 heavy (non-hydrogen) atoms. The van der Waals surface area contributed by atoms with Gasteiger partial charge in [0.25, 0.3) is 0 Å². The number of hydrogen-bond acceptors (Lipinski definition) is 6. The molecule has 2 aromatic rings. The van der Waals surface area contributed by atoms with E-state index in [9.17, 15) is 9.59 Å². The minimum atomic E-state index is -0.400. The van der Waals surface area contributed by atoms with Crippen molar-refractivity contribution in [1.29, 1.82) is 0 Å². The van der Waals surface area contributed by atoms with E-state index >= 15 is 0 Å². The maximum atomic E-state index is 12.7. The standard InChI is InChI=1S/C24H26N4O3S/c29-21(28-8-3-17(4-9-28)14-20-5-12-32-27-20)2-1-18-13-19-15-24(6-10-31-11-7-24)23(30)26-22(19)25-16-18/h1-2,5,12-14,16H,3-4,6-11,15H2,(H,25,26,30)/b2-1+. The van der Waals surface area contributed by atoms with Crippen molar-refractivity contribution in [2.24, 2.45) is 5.41 Å². The molecule has 0 saturated carbocycles. The first-order valence-electron chi connectivity index (χ1n) is 11.1. The van der Waals surface area contributed by atoms with Gasteiger partial charge in [0.2, 0.25) is 11.8 Å². The summed E-state index contributed by atoms with van der Waals surface area (Å²) in [4.78, 5) is 31.6. The van der Waals surface area contributed by atoms with Crippen molar-refractivity contribution in [2.45, 2.75) is 32.1 Å². The Balaban J connectivity index is 1.22. The smallest absolute Gasteiger partial charge is 0.246 e. The molecule has 1 spiro atoms. The first-order chi connectivity index (χ1) is 15.6. The molecule has 2 amide bonds. The number of fused-ring (bicyclic) bond motifs is 1. The van der Waals surface area contributed by atoms with Crippen molar-refractivity contribution < 1.29 is 14.3 Å². The first-order valence-corrected chi connectivity index (χ1v) is 11.9. The highest BCUT2D eigenvalue weighted by Crippen LogP contribution is 2.40. The first kappa shape index (κ1) is 21.0. The third kappa shape index (κ3) is 4.38. The van der Waals surface area contributed by atoms with Crippen molar-refractivity contribution in [3.05, 3.63) is 52.2 Å². The summed E-state index contributed by atoms with van der Waals surface area (Å²) in [6, 6.07) is 4.05. The number of anilines is 1. The second kappa shape index (κ2) is 8.96. The normalized spacial score (nSPS) is 20.3. The van der Waals surface area contributed by atoms with Gasteiger partial charge in [0.15, 0.2) is 0 Å². The third-order valence-electron chi connectivity index (χ3n) is 6.63. The van der Waals surface area contributed by atoms with Crippen LogP contribution in [0.25, 0.3) is 12.2 Å². The summed E-state index contributed by atoms with van der Waals surface area (Å²) in [5, 5.41) is 4.94. The molecule has 1 N–H and O–H groups in total. The van der Waals surface area contributed by atoms with Crippen LogP contribution in [0.4, 0.5) is 5.82 Å². The predicted octanol–water partition coefficient (Wildman–Crippen LogP) is 3.55. The quantitative estimate of drug-likeness (QED) is 0.723. The van der Waals surface area contributed by atoms with E-state index in [1.54, 1.807) is 12.3 Å². The van der Waals surface area contributed by atoms with Gasteiger partial charge in [-0.25, -0.2) is 4.98 Å². The van der Waals surface area contributed by atoms with Crippen LogP contribution in [-0.2, 0) is 20.7 Å². The summed E-state index contributed by atoms with van der Waals surface area (Å²) in [7, 11) is 0. The zero-order valence-electron chi connectivity index (χ0n) is 17.9. The molecule has 3 aliphatic heterocycles. The zero-order valence-corrected chi connectivity index (χ0v) is 18.7. The number of pyridine rings is 1. The number of aromatic nitrogens is 2. The lowest BCUT2D eigenvalue weighted by atomic mass is 9.72. The van der Waals surface area contributed by atoms with Crippen LogP contribution in [0.3, 0.4) is 0 Å². The molecule has 0 radical (unpaired) electrons. The molecule has 166 valence electrons. The molecule has 7 nitrogen and oxygen atoms in total. The Hall–Kier alpha value is -2.84. The Bertz CT molecular complexity index is 1060. The number of carbonyl (C=O) groups excluding carboxylic acids is 2. The van der Waals surface area contributed by atoms with Crippen LogP contribution in [0, 0.1) is 5.41 Å². The fraction of sp³-hybridized carbons (Fsp3) is 0.417. The fourth-order valence-electron chi connectivity index (χ4n) is 4.66. The van der Waals surface area contributed by atoms with Gasteiger partial charge < -0.3 is 15.0 Å². The fourth-order valence-corrected chi connectivity index (χ4v) is 5.15. The lowest BCUT2D eigenvalue weighted by Crippen LogP contribution is -2.45. The molecule has 0 unspecified atom stereocenters. The Morgan fingerprint density at radius 2 is 2.06 bits per heavy atom. The molecule has 2 aromatic heterocycles. The van der Waals surface area contributed by atoms with Gasteiger partial charge in [0, 0.05) is 44.0 Å². The summed E-state index contributed by atoms with van der Waals surface area (Å²) in [5.41, 5.74) is 3.84. The lowest BCUT2D eigenvalue weighted by Gasteiger charge is -2.39. The highest BCUT2D eigenvalue weighted by Gasteiger charge is 2.43. The van der Waals surface area contributed by atoms with Gasteiger partial charge in [-0.05, 0) is 79.0 Å². The van der Waals surface area contributed by atoms with Crippen molar-refractivity contribution in [2.75, 3.05) is 31.6 Å². The van der Waals surface area contributed by atoms with Gasteiger partial charge >= 0.3 is 0 Å². The van der Waals surface area contributed by atoms with E-state index in [0.29, 0.717) is 25.5 Å². The largest absolute Gasteiger partial charge is 0.381 e. The van der Waals surface area contributed by atoms with Crippen LogP contribution < -0.4 is 5.32 Å². The maximum absolute atomic E-state index is 12.7. The van der Waals surface area contributed by atoms with E-state index in [4.69, 9.17) is 4.74 Å². The summed E-state index contributed by atoms with van der Waals surface area (Å²) < 4.78 is 9.79. The van der Waals surface area contributed by atoms with Crippen molar-refractivity contribution in [1.82, 2.24) is 14.3 Å². The summed E-state index contributed by atoms with van der Waals surface area (Å²) in [6.45, 7) is 2.66. The second-order valence-corrected chi connectivity index (χ2v) is 9.35. The number of likely N-dealkylation sites (tertiary alicyclic amines) is 1. The van der Waals surface area contributed by atoms with Gasteiger partial charge in [-0.2, -0.15) is 4.37 Å². The zero-order chi connectivity index (χ0) is 22.0. The van der Waals surface area contributed by atoms with E-state index < -0.39 is 5.41 Å². The minimum absolute atomic E-state index is 0.0182. The lowest BCUT2D eigenvalue weighted by molar-refractivity contribution is -0.131. The van der Waals surface area contributed by atoms with E-state index in [-0.39, 0.29) is 11.8 Å². The molecule has 2 saturated heterocycles. The van der Waals surface area contributed by atoms with E-state index in [1.807, 2.05) is 28.5 Å². The summed E-state index contributed by atoms with van der Waals surface area (Å²) in [5.74, 6) is 0.697. The highest BCUT2D eigenvalue weighted by molar-refractivity contribution is 7.03. The SMILES string of the molecule is O=C(/C=C/c1cnc2c(c1)CC1(CCOCC1)C(=O)N2)N1CCC(=Cc2ccsn2)CC1. The number of amides is 2. The number of piperidine rings is 1. The molecular formula is C24H26N4O3S. The van der Waals surface area contributed by atoms with Gasteiger partial charge in [-0.15, -0.1) is 0 Å². The second-order valence-electron chi connectivity index (χ2n) is 8.69. The highest BCUT2D eigenvalue weighted by atomic mass is 32.1. The van der Waals surface area contributed by atoms with E-state index in [2.05, 4.69) is 20.8 Å². The van der Waals surface area contributed by atoms with E-state index in [0.717, 1.165) is 55.6 Å². The average molecular weight is 451 g/mol. The van der Waals surface area contributed by atoms with Crippen LogP contribution in [0.1, 0.15) is 42.5 Å². The van der Waals surface area contributed by atoms with Gasteiger partial charge in [-0.1, -0.05) is 5.57 Å². The van der Waals surface area contributed by atoms with Crippen molar-refractivity contribution in [3.63, 3.8) is 0 Å². The number of rotatable bonds is 3. The Kier molecular flexibility index (Phi) is 5.89. The number of hydrogen-bond donors (Lipinski definition) is 1. The number of carbonyl (C=O) groups is 2. The predicted molar refractivity (Wildman–Crippen MR) is 124 cm³/mol.